The Morgan fingerprint density at radius 1 is 1.00 bits per heavy atom. The first kappa shape index (κ1) is 16.2. The van der Waals surface area contributed by atoms with Crippen molar-refractivity contribution in [3.63, 3.8) is 0 Å². The number of hydrogen-bond acceptors (Lipinski definition) is 4. The Bertz CT molecular complexity index is 305. The highest BCUT2D eigenvalue weighted by Gasteiger charge is 2.08. The highest BCUT2D eigenvalue weighted by Crippen LogP contribution is 2.08. The number of carbonyl (C=O) groups is 2. The van der Waals surface area contributed by atoms with Gasteiger partial charge in [0.1, 0.15) is 0 Å². The summed E-state index contributed by atoms with van der Waals surface area (Å²) in [5.41, 5.74) is 0. The fourth-order valence-corrected chi connectivity index (χ4v) is 1.18. The van der Waals surface area contributed by atoms with Gasteiger partial charge < -0.3 is 9.47 Å². The minimum absolute atomic E-state index is 0.110. The number of unbranched alkanes of at least 4 members (excludes halogenated alkanes) is 4. The number of ether oxygens (including phenoxy) is 2. The van der Waals surface area contributed by atoms with Gasteiger partial charge in [-0.05, 0) is 18.9 Å². The van der Waals surface area contributed by atoms with Crippen LogP contribution in [0.5, 0.6) is 0 Å². The van der Waals surface area contributed by atoms with Gasteiger partial charge in [0.25, 0.3) is 5.95 Å². The highest BCUT2D eigenvalue weighted by molar-refractivity contribution is 5.84. The van der Waals surface area contributed by atoms with E-state index in [9.17, 15) is 9.59 Å². The molecule has 0 amide bonds. The molecule has 18 heavy (non-hydrogen) atoms. The standard InChI is InChI=1S/C14H20O4/c1-4-7-8-9-10-11-14(17-12(15)5-2)18-13(16)6-3/h5-6,11H,2-4,7-10H2,1H3. The third-order valence-corrected chi connectivity index (χ3v) is 2.10. The van der Waals surface area contributed by atoms with E-state index in [1.54, 1.807) is 6.08 Å². The average Bonchev–Trinajstić information content (AvgIpc) is 2.37. The first-order chi connectivity index (χ1) is 8.63. The van der Waals surface area contributed by atoms with E-state index in [4.69, 9.17) is 9.47 Å². The van der Waals surface area contributed by atoms with Gasteiger partial charge in [-0.1, -0.05) is 39.3 Å². The predicted molar refractivity (Wildman–Crippen MR) is 69.4 cm³/mol. The van der Waals surface area contributed by atoms with Gasteiger partial charge in [0, 0.05) is 12.2 Å². The molecule has 0 heterocycles. The summed E-state index contributed by atoms with van der Waals surface area (Å²) in [4.78, 5) is 22.1. The second-order valence-electron chi connectivity index (χ2n) is 3.62. The van der Waals surface area contributed by atoms with Gasteiger partial charge >= 0.3 is 11.9 Å². The molecular formula is C14H20O4. The molecular weight excluding hydrogens is 232 g/mol. The zero-order valence-electron chi connectivity index (χ0n) is 10.8. The molecule has 0 saturated heterocycles. The van der Waals surface area contributed by atoms with E-state index < -0.39 is 11.9 Å². The van der Waals surface area contributed by atoms with Crippen molar-refractivity contribution in [2.45, 2.75) is 39.0 Å². The monoisotopic (exact) mass is 252 g/mol. The summed E-state index contributed by atoms with van der Waals surface area (Å²) in [7, 11) is 0. The minimum atomic E-state index is -0.660. The van der Waals surface area contributed by atoms with Crippen molar-refractivity contribution < 1.29 is 19.1 Å². The van der Waals surface area contributed by atoms with Crippen LogP contribution in [0.2, 0.25) is 0 Å². The third-order valence-electron chi connectivity index (χ3n) is 2.10. The van der Waals surface area contributed by atoms with Gasteiger partial charge in [0.05, 0.1) is 0 Å². The molecule has 0 aliphatic rings. The summed E-state index contributed by atoms with van der Waals surface area (Å²) < 4.78 is 9.58. The fraction of sp³-hybridized carbons (Fsp3) is 0.429. The number of hydrogen-bond donors (Lipinski definition) is 0. The van der Waals surface area contributed by atoms with Crippen LogP contribution in [-0.2, 0) is 19.1 Å². The van der Waals surface area contributed by atoms with Crippen LogP contribution in [-0.4, -0.2) is 11.9 Å². The molecule has 0 bridgehead atoms. The van der Waals surface area contributed by atoms with E-state index in [-0.39, 0.29) is 5.95 Å². The van der Waals surface area contributed by atoms with Crippen LogP contribution < -0.4 is 0 Å². The van der Waals surface area contributed by atoms with Crippen molar-refractivity contribution in [1.29, 1.82) is 0 Å². The second-order valence-corrected chi connectivity index (χ2v) is 3.62. The molecule has 0 aliphatic carbocycles. The maximum absolute atomic E-state index is 11.0. The first-order valence-corrected chi connectivity index (χ1v) is 6.02. The van der Waals surface area contributed by atoms with Crippen LogP contribution in [0.25, 0.3) is 0 Å². The molecule has 0 atom stereocenters. The summed E-state index contributed by atoms with van der Waals surface area (Å²) in [6.45, 7) is 8.67. The molecule has 0 unspecified atom stereocenters. The van der Waals surface area contributed by atoms with Crippen molar-refractivity contribution >= 4 is 11.9 Å². The van der Waals surface area contributed by atoms with Crippen LogP contribution in [0.1, 0.15) is 39.0 Å². The van der Waals surface area contributed by atoms with E-state index in [2.05, 4.69) is 20.1 Å². The van der Waals surface area contributed by atoms with Gasteiger partial charge in [0.15, 0.2) is 0 Å². The lowest BCUT2D eigenvalue weighted by Gasteiger charge is -2.06. The minimum Gasteiger partial charge on any atom is -0.390 e. The molecule has 100 valence electrons. The van der Waals surface area contributed by atoms with E-state index in [0.717, 1.165) is 37.8 Å². The molecule has 0 aromatic rings. The van der Waals surface area contributed by atoms with Crippen LogP contribution >= 0.6 is 0 Å². The van der Waals surface area contributed by atoms with Crippen molar-refractivity contribution in [2.24, 2.45) is 0 Å². The number of allylic oxidation sites excluding steroid dienone is 1. The number of rotatable bonds is 9. The topological polar surface area (TPSA) is 52.6 Å². The Hall–Kier alpha value is -1.84. The van der Waals surface area contributed by atoms with E-state index in [1.807, 2.05) is 0 Å². The van der Waals surface area contributed by atoms with Crippen molar-refractivity contribution in [3.8, 4) is 0 Å². The lowest BCUT2D eigenvalue weighted by Crippen LogP contribution is -2.07. The summed E-state index contributed by atoms with van der Waals surface area (Å²) in [6, 6.07) is 0. The summed E-state index contributed by atoms with van der Waals surface area (Å²) in [5, 5.41) is 0. The van der Waals surface area contributed by atoms with E-state index in [0.29, 0.717) is 6.42 Å². The maximum atomic E-state index is 11.0. The Balaban J connectivity index is 4.29. The van der Waals surface area contributed by atoms with E-state index in [1.165, 1.54) is 0 Å². The molecule has 0 aromatic heterocycles. The summed E-state index contributed by atoms with van der Waals surface area (Å²) >= 11 is 0. The zero-order valence-corrected chi connectivity index (χ0v) is 10.8. The molecule has 0 radical (unpaired) electrons. The molecule has 0 aliphatic heterocycles. The summed E-state index contributed by atoms with van der Waals surface area (Å²) in [6.07, 6.45) is 8.62. The molecule has 0 fully saturated rings. The largest absolute Gasteiger partial charge is 0.390 e. The molecule has 0 N–H and O–H groups in total. The lowest BCUT2D eigenvalue weighted by atomic mass is 10.1. The zero-order chi connectivity index (χ0) is 13.8. The van der Waals surface area contributed by atoms with Gasteiger partial charge in [-0.15, -0.1) is 0 Å². The Morgan fingerprint density at radius 3 is 2.00 bits per heavy atom. The molecule has 0 rings (SSSR count). The number of esters is 2. The van der Waals surface area contributed by atoms with Crippen LogP contribution in [0.15, 0.2) is 37.3 Å². The van der Waals surface area contributed by atoms with Crippen LogP contribution in [0.3, 0.4) is 0 Å². The first-order valence-electron chi connectivity index (χ1n) is 6.02. The van der Waals surface area contributed by atoms with Gasteiger partial charge in [-0.2, -0.15) is 0 Å². The quantitative estimate of drug-likeness (QED) is 0.273. The molecule has 0 spiro atoms. The highest BCUT2D eigenvalue weighted by atomic mass is 16.7. The predicted octanol–water partition coefficient (Wildman–Crippen LogP) is 3.26. The molecule has 4 nitrogen and oxygen atoms in total. The Morgan fingerprint density at radius 2 is 1.56 bits per heavy atom. The number of carbonyl (C=O) groups excluding carboxylic acids is 2. The van der Waals surface area contributed by atoms with E-state index >= 15 is 0 Å². The molecule has 0 saturated carbocycles. The van der Waals surface area contributed by atoms with Gasteiger partial charge in [0.2, 0.25) is 0 Å². The molecule has 0 aromatic carbocycles. The van der Waals surface area contributed by atoms with Crippen LogP contribution in [0.4, 0.5) is 0 Å². The van der Waals surface area contributed by atoms with Crippen molar-refractivity contribution in [3.05, 3.63) is 37.3 Å². The normalized spacial score (nSPS) is 9.17. The summed E-state index contributed by atoms with van der Waals surface area (Å²) in [5.74, 6) is -1.43. The fourth-order valence-electron chi connectivity index (χ4n) is 1.18. The smallest absolute Gasteiger partial charge is 0.337 e. The third kappa shape index (κ3) is 8.33. The Labute approximate surface area is 108 Å². The Kier molecular flexibility index (Phi) is 9.27. The second kappa shape index (κ2) is 10.3. The van der Waals surface area contributed by atoms with Crippen molar-refractivity contribution in [1.82, 2.24) is 0 Å². The lowest BCUT2D eigenvalue weighted by molar-refractivity contribution is -0.147. The van der Waals surface area contributed by atoms with Crippen LogP contribution in [0, 0.1) is 0 Å². The SMILES string of the molecule is C=CC(=O)OC(=CCCCCCC)OC(=O)C=C. The van der Waals surface area contributed by atoms with Gasteiger partial charge in [-0.25, -0.2) is 9.59 Å². The average molecular weight is 252 g/mol. The molecule has 4 heteroatoms. The maximum Gasteiger partial charge on any atom is 0.337 e. The van der Waals surface area contributed by atoms with Crippen molar-refractivity contribution in [2.75, 3.05) is 0 Å². The van der Waals surface area contributed by atoms with Gasteiger partial charge in [-0.3, -0.25) is 0 Å².